The smallest absolute Gasteiger partial charge is 0.250 e. The summed E-state index contributed by atoms with van der Waals surface area (Å²) in [5.74, 6) is -2.91. The van der Waals surface area contributed by atoms with Crippen molar-refractivity contribution in [3.05, 3.63) is 23.2 Å². The number of hydrogen-bond donors (Lipinski definition) is 0. The Balaban J connectivity index is 0.000000791. The quantitative estimate of drug-likeness (QED) is 0.763. The summed E-state index contributed by atoms with van der Waals surface area (Å²) < 4.78 is 25.7. The van der Waals surface area contributed by atoms with E-state index in [2.05, 4.69) is 9.97 Å². The van der Waals surface area contributed by atoms with Crippen molar-refractivity contribution < 1.29 is 8.78 Å². The van der Waals surface area contributed by atoms with Gasteiger partial charge >= 0.3 is 0 Å². The highest BCUT2D eigenvalue weighted by atomic mass is 35.5. The van der Waals surface area contributed by atoms with Crippen LogP contribution in [0.4, 0.5) is 8.78 Å². The van der Waals surface area contributed by atoms with Crippen molar-refractivity contribution in [3.8, 4) is 0 Å². The van der Waals surface area contributed by atoms with Crippen LogP contribution >= 0.6 is 11.6 Å². The molecule has 1 aromatic heterocycles. The lowest BCUT2D eigenvalue weighted by Gasteiger charge is -2.11. The third-order valence-corrected chi connectivity index (χ3v) is 1.63. The molecule has 0 atom stereocenters. The van der Waals surface area contributed by atoms with Crippen LogP contribution in [0.15, 0.2) is 12.4 Å². The molecule has 0 saturated heterocycles. The molecule has 14 heavy (non-hydrogen) atoms. The normalized spacial score (nSPS) is 10.4. The molecule has 80 valence electrons. The van der Waals surface area contributed by atoms with E-state index in [1.807, 2.05) is 13.8 Å². The molecule has 0 fully saturated rings. The van der Waals surface area contributed by atoms with Gasteiger partial charge in [0.15, 0.2) is 0 Å². The van der Waals surface area contributed by atoms with E-state index in [4.69, 9.17) is 11.6 Å². The molecule has 0 spiro atoms. The van der Waals surface area contributed by atoms with E-state index in [0.29, 0.717) is 0 Å². The molecule has 0 aliphatic rings. The first kappa shape index (κ1) is 13.2. The van der Waals surface area contributed by atoms with Crippen LogP contribution in [0.25, 0.3) is 0 Å². The molecular weight excluding hydrogens is 210 g/mol. The average molecular weight is 223 g/mol. The Morgan fingerprint density at radius 1 is 1.29 bits per heavy atom. The zero-order valence-electron chi connectivity index (χ0n) is 8.39. The Bertz CT molecular complexity index is 262. The first-order valence-corrected chi connectivity index (χ1v) is 4.80. The lowest BCUT2D eigenvalue weighted by atomic mass is 10.2. The van der Waals surface area contributed by atoms with Gasteiger partial charge in [-0.2, -0.15) is 8.78 Å². The molecule has 2 nitrogen and oxygen atoms in total. The molecule has 0 aliphatic carbocycles. The molecule has 1 aromatic rings. The van der Waals surface area contributed by atoms with Gasteiger partial charge in [0.05, 0.1) is 12.4 Å². The number of rotatable bonds is 2. The van der Waals surface area contributed by atoms with E-state index in [1.165, 1.54) is 6.92 Å². The van der Waals surface area contributed by atoms with Gasteiger partial charge in [0, 0.05) is 6.42 Å². The summed E-state index contributed by atoms with van der Waals surface area (Å²) in [4.78, 5) is 6.99. The molecule has 0 bridgehead atoms. The number of aromatic nitrogens is 2. The van der Waals surface area contributed by atoms with E-state index in [-0.39, 0.29) is 17.3 Å². The third-order valence-electron chi connectivity index (χ3n) is 1.44. The van der Waals surface area contributed by atoms with Gasteiger partial charge in [-0.05, 0) is 0 Å². The molecular formula is C9H13ClF2N2. The standard InChI is InChI=1S/C7H7ClF2N2.C2H6/c1-2-7(9,10)5-3-12-6(8)4-11-5;1-2/h3-4H,2H2,1H3;1-2H3. The average Bonchev–Trinajstić information content (AvgIpc) is 2.21. The van der Waals surface area contributed by atoms with Crippen LogP contribution in [-0.2, 0) is 5.92 Å². The summed E-state index contributed by atoms with van der Waals surface area (Å²) in [6.45, 7) is 5.39. The highest BCUT2D eigenvalue weighted by Crippen LogP contribution is 2.28. The van der Waals surface area contributed by atoms with E-state index < -0.39 is 5.92 Å². The van der Waals surface area contributed by atoms with Crippen molar-refractivity contribution in [3.63, 3.8) is 0 Å². The largest absolute Gasteiger partial charge is 0.290 e. The van der Waals surface area contributed by atoms with Crippen LogP contribution in [0.1, 0.15) is 32.9 Å². The maximum atomic E-state index is 12.9. The molecule has 1 rings (SSSR count). The lowest BCUT2D eigenvalue weighted by Crippen LogP contribution is -2.13. The summed E-state index contributed by atoms with van der Waals surface area (Å²) in [5, 5.41) is 0.116. The predicted octanol–water partition coefficient (Wildman–Crippen LogP) is 3.66. The third kappa shape index (κ3) is 3.54. The fraction of sp³-hybridized carbons (Fsp3) is 0.556. The van der Waals surface area contributed by atoms with Crippen molar-refractivity contribution >= 4 is 11.6 Å². The lowest BCUT2D eigenvalue weighted by molar-refractivity contribution is -0.0131. The zero-order valence-corrected chi connectivity index (χ0v) is 9.15. The van der Waals surface area contributed by atoms with Crippen LogP contribution < -0.4 is 0 Å². The van der Waals surface area contributed by atoms with Gasteiger partial charge in [0.25, 0.3) is 5.92 Å². The number of nitrogens with zero attached hydrogens (tertiary/aromatic N) is 2. The molecule has 0 unspecified atom stereocenters. The minimum Gasteiger partial charge on any atom is -0.250 e. The predicted molar refractivity (Wildman–Crippen MR) is 52.6 cm³/mol. The fourth-order valence-electron chi connectivity index (χ4n) is 0.682. The summed E-state index contributed by atoms with van der Waals surface area (Å²) in [6, 6.07) is 0. The second-order valence-electron chi connectivity index (χ2n) is 2.28. The monoisotopic (exact) mass is 222 g/mol. The van der Waals surface area contributed by atoms with E-state index >= 15 is 0 Å². The van der Waals surface area contributed by atoms with Gasteiger partial charge in [-0.15, -0.1) is 0 Å². The van der Waals surface area contributed by atoms with Crippen molar-refractivity contribution in [2.24, 2.45) is 0 Å². The molecule has 1 heterocycles. The minimum atomic E-state index is -2.91. The molecule has 0 saturated carbocycles. The Kier molecular flexibility index (Phi) is 5.53. The second-order valence-corrected chi connectivity index (χ2v) is 2.67. The minimum absolute atomic E-state index is 0.116. The fourth-order valence-corrected chi connectivity index (χ4v) is 0.780. The molecule has 0 aliphatic heterocycles. The summed E-state index contributed by atoms with van der Waals surface area (Å²) in [5.41, 5.74) is -0.339. The number of hydrogen-bond acceptors (Lipinski definition) is 2. The van der Waals surface area contributed by atoms with Crippen molar-refractivity contribution in [1.29, 1.82) is 0 Å². The van der Waals surface area contributed by atoms with E-state index in [9.17, 15) is 8.78 Å². The Morgan fingerprint density at radius 3 is 2.21 bits per heavy atom. The summed E-state index contributed by atoms with van der Waals surface area (Å²) in [7, 11) is 0. The highest BCUT2D eigenvalue weighted by molar-refractivity contribution is 6.29. The first-order valence-electron chi connectivity index (χ1n) is 4.42. The van der Waals surface area contributed by atoms with Gasteiger partial charge in [0.1, 0.15) is 10.8 Å². The maximum absolute atomic E-state index is 12.9. The zero-order chi connectivity index (χ0) is 11.2. The summed E-state index contributed by atoms with van der Waals surface area (Å²) >= 11 is 5.39. The van der Waals surface area contributed by atoms with Crippen LogP contribution in [-0.4, -0.2) is 9.97 Å². The van der Waals surface area contributed by atoms with Gasteiger partial charge in [0.2, 0.25) is 0 Å². The number of alkyl halides is 2. The van der Waals surface area contributed by atoms with Crippen LogP contribution in [0.5, 0.6) is 0 Å². The van der Waals surface area contributed by atoms with Gasteiger partial charge in [-0.1, -0.05) is 32.4 Å². The van der Waals surface area contributed by atoms with Crippen LogP contribution in [0, 0.1) is 0 Å². The maximum Gasteiger partial charge on any atom is 0.290 e. The van der Waals surface area contributed by atoms with Gasteiger partial charge in [-0.3, -0.25) is 4.98 Å². The van der Waals surface area contributed by atoms with E-state index in [0.717, 1.165) is 12.4 Å². The SMILES string of the molecule is CC.CCC(F)(F)c1cnc(Cl)cn1. The summed E-state index contributed by atoms with van der Waals surface area (Å²) in [6.07, 6.45) is 1.82. The van der Waals surface area contributed by atoms with Gasteiger partial charge in [-0.25, -0.2) is 4.98 Å². The van der Waals surface area contributed by atoms with Crippen molar-refractivity contribution in [2.45, 2.75) is 33.1 Å². The highest BCUT2D eigenvalue weighted by Gasteiger charge is 2.30. The van der Waals surface area contributed by atoms with Gasteiger partial charge < -0.3 is 0 Å². The van der Waals surface area contributed by atoms with Crippen LogP contribution in [0.3, 0.4) is 0 Å². The Labute approximate surface area is 87.3 Å². The Hall–Kier alpha value is -0.770. The van der Waals surface area contributed by atoms with Crippen molar-refractivity contribution in [1.82, 2.24) is 9.97 Å². The molecule has 0 radical (unpaired) electrons. The Morgan fingerprint density at radius 2 is 1.86 bits per heavy atom. The number of halogens is 3. The van der Waals surface area contributed by atoms with E-state index in [1.54, 1.807) is 0 Å². The van der Waals surface area contributed by atoms with Crippen molar-refractivity contribution in [2.75, 3.05) is 0 Å². The first-order chi connectivity index (χ1) is 6.56. The molecule has 0 amide bonds. The molecule has 0 aromatic carbocycles. The second kappa shape index (κ2) is 5.86. The topological polar surface area (TPSA) is 25.8 Å². The van der Waals surface area contributed by atoms with Crippen LogP contribution in [0.2, 0.25) is 5.15 Å². The molecule has 0 N–H and O–H groups in total. The molecule has 5 heteroatoms.